The number of hydrogen-bond donors (Lipinski definition) is 0. The molecule has 3 rings (SSSR count). The van der Waals surface area contributed by atoms with Crippen LogP contribution in [0.25, 0.3) is 11.5 Å². The molecule has 0 aliphatic carbocycles. The minimum absolute atomic E-state index is 0.0728. The van der Waals surface area contributed by atoms with Crippen LogP contribution in [0.5, 0.6) is 0 Å². The number of esters is 1. The maximum Gasteiger partial charge on any atom is 0.345 e. The van der Waals surface area contributed by atoms with E-state index in [2.05, 4.69) is 10.2 Å². The van der Waals surface area contributed by atoms with Gasteiger partial charge in [0.1, 0.15) is 5.56 Å². The van der Waals surface area contributed by atoms with Gasteiger partial charge in [-0.1, -0.05) is 29.3 Å². The molecule has 3 aromatic rings. The quantitative estimate of drug-likeness (QED) is 0.359. The topological polar surface area (TPSA) is 108 Å². The first-order valence-corrected chi connectivity index (χ1v) is 8.28. The van der Waals surface area contributed by atoms with Gasteiger partial charge in [0.15, 0.2) is 6.10 Å². The fraction of sp³-hybridized carbons (Fsp3) is 0.167. The summed E-state index contributed by atoms with van der Waals surface area (Å²) >= 11 is 5.83. The highest BCUT2D eigenvalue weighted by Gasteiger charge is 2.26. The molecule has 0 N–H and O–H groups in total. The van der Waals surface area contributed by atoms with Gasteiger partial charge >= 0.3 is 5.97 Å². The van der Waals surface area contributed by atoms with Gasteiger partial charge in [-0.25, -0.2) is 4.79 Å². The van der Waals surface area contributed by atoms with E-state index in [1.807, 2.05) is 31.2 Å². The fourth-order valence-corrected chi connectivity index (χ4v) is 2.49. The lowest BCUT2D eigenvalue weighted by Crippen LogP contribution is -2.11. The Morgan fingerprint density at radius 2 is 1.93 bits per heavy atom. The van der Waals surface area contributed by atoms with Gasteiger partial charge in [0.25, 0.3) is 11.6 Å². The van der Waals surface area contributed by atoms with Gasteiger partial charge in [-0.05, 0) is 38.1 Å². The summed E-state index contributed by atoms with van der Waals surface area (Å²) < 4.78 is 10.8. The first kappa shape index (κ1) is 18.5. The third-order valence-electron chi connectivity index (χ3n) is 3.75. The molecule has 1 aromatic heterocycles. The molecule has 1 heterocycles. The summed E-state index contributed by atoms with van der Waals surface area (Å²) in [6, 6.07) is 11.1. The lowest BCUT2D eigenvalue weighted by Gasteiger charge is -2.09. The number of rotatable bonds is 5. The molecule has 2 aromatic carbocycles. The Morgan fingerprint density at radius 3 is 2.59 bits per heavy atom. The number of hydrogen-bond acceptors (Lipinski definition) is 7. The SMILES string of the molecule is Cc1ccc(-c2nnc([C@@H](C)OC(=O)c3cc(Cl)ccc3[N+](=O)[O-])o2)cc1. The van der Waals surface area contributed by atoms with Crippen LogP contribution in [-0.2, 0) is 4.74 Å². The normalized spacial score (nSPS) is 11.8. The summed E-state index contributed by atoms with van der Waals surface area (Å²) in [5.74, 6) is -0.558. The number of benzene rings is 2. The van der Waals surface area contributed by atoms with Crippen molar-refractivity contribution in [2.45, 2.75) is 20.0 Å². The second kappa shape index (κ2) is 7.55. The van der Waals surface area contributed by atoms with Crippen LogP contribution in [0.2, 0.25) is 5.02 Å². The number of nitro groups is 1. The van der Waals surface area contributed by atoms with E-state index in [0.717, 1.165) is 17.2 Å². The van der Waals surface area contributed by atoms with Crippen molar-refractivity contribution in [1.29, 1.82) is 0 Å². The van der Waals surface area contributed by atoms with E-state index in [9.17, 15) is 14.9 Å². The van der Waals surface area contributed by atoms with Crippen molar-refractivity contribution in [2.24, 2.45) is 0 Å². The first-order chi connectivity index (χ1) is 12.8. The van der Waals surface area contributed by atoms with Gasteiger partial charge in [0.2, 0.25) is 5.89 Å². The lowest BCUT2D eigenvalue weighted by molar-refractivity contribution is -0.385. The minimum atomic E-state index is -0.910. The molecule has 0 spiro atoms. The van der Waals surface area contributed by atoms with Gasteiger partial charge in [-0.15, -0.1) is 10.2 Å². The summed E-state index contributed by atoms with van der Waals surface area (Å²) in [5.41, 5.74) is 1.16. The zero-order valence-corrected chi connectivity index (χ0v) is 15.1. The molecule has 0 unspecified atom stereocenters. The smallest absolute Gasteiger partial charge is 0.345 e. The predicted molar refractivity (Wildman–Crippen MR) is 96.4 cm³/mol. The van der Waals surface area contributed by atoms with Crippen LogP contribution in [0.15, 0.2) is 46.9 Å². The van der Waals surface area contributed by atoms with Crippen LogP contribution >= 0.6 is 11.6 Å². The van der Waals surface area contributed by atoms with Crippen LogP contribution in [-0.4, -0.2) is 21.1 Å². The Kier molecular flexibility index (Phi) is 5.18. The van der Waals surface area contributed by atoms with Crippen LogP contribution in [0, 0.1) is 17.0 Å². The molecule has 0 saturated heterocycles. The van der Waals surface area contributed by atoms with Gasteiger partial charge in [-0.2, -0.15) is 0 Å². The first-order valence-electron chi connectivity index (χ1n) is 7.90. The number of ether oxygens (including phenoxy) is 1. The zero-order chi connectivity index (χ0) is 19.6. The number of nitrogens with zero attached hydrogens (tertiary/aromatic N) is 3. The summed E-state index contributed by atoms with van der Waals surface area (Å²) in [6.45, 7) is 3.49. The molecule has 0 aliphatic rings. The molecule has 1 atom stereocenters. The van der Waals surface area contributed by atoms with Crippen molar-refractivity contribution in [1.82, 2.24) is 10.2 Å². The van der Waals surface area contributed by atoms with Crippen LogP contribution in [0.1, 0.15) is 34.8 Å². The van der Waals surface area contributed by atoms with Gasteiger partial charge in [0, 0.05) is 16.7 Å². The number of halogens is 1. The Bertz CT molecular complexity index is 1000. The highest BCUT2D eigenvalue weighted by molar-refractivity contribution is 6.31. The highest BCUT2D eigenvalue weighted by Crippen LogP contribution is 2.27. The molecule has 0 bridgehead atoms. The van der Waals surface area contributed by atoms with Gasteiger partial charge < -0.3 is 9.15 Å². The monoisotopic (exact) mass is 387 g/mol. The number of carbonyl (C=O) groups is 1. The fourth-order valence-electron chi connectivity index (χ4n) is 2.32. The lowest BCUT2D eigenvalue weighted by atomic mass is 10.1. The molecule has 0 saturated carbocycles. The molecule has 9 heteroatoms. The van der Waals surface area contributed by atoms with E-state index < -0.39 is 22.7 Å². The average molecular weight is 388 g/mol. The van der Waals surface area contributed by atoms with Crippen molar-refractivity contribution in [3.05, 3.63) is 74.6 Å². The molecule has 0 aliphatic heterocycles. The van der Waals surface area contributed by atoms with Gasteiger partial charge in [0.05, 0.1) is 4.92 Å². The summed E-state index contributed by atoms with van der Waals surface area (Å²) in [7, 11) is 0. The summed E-state index contributed by atoms with van der Waals surface area (Å²) in [4.78, 5) is 22.8. The van der Waals surface area contributed by atoms with E-state index in [0.29, 0.717) is 0 Å². The summed E-state index contributed by atoms with van der Waals surface area (Å²) in [6.07, 6.45) is -0.900. The molecular weight excluding hydrogens is 374 g/mol. The van der Waals surface area contributed by atoms with Crippen molar-refractivity contribution >= 4 is 23.3 Å². The highest BCUT2D eigenvalue weighted by atomic mass is 35.5. The van der Waals surface area contributed by atoms with E-state index >= 15 is 0 Å². The van der Waals surface area contributed by atoms with Crippen molar-refractivity contribution in [3.8, 4) is 11.5 Å². The molecule has 8 nitrogen and oxygen atoms in total. The minimum Gasteiger partial charge on any atom is -0.449 e. The predicted octanol–water partition coefficient (Wildman–Crippen LogP) is 4.52. The maximum absolute atomic E-state index is 12.3. The van der Waals surface area contributed by atoms with Gasteiger partial charge in [-0.3, -0.25) is 10.1 Å². The Morgan fingerprint density at radius 1 is 1.22 bits per heavy atom. The Hall–Kier alpha value is -3.26. The maximum atomic E-state index is 12.3. The largest absolute Gasteiger partial charge is 0.449 e. The van der Waals surface area contributed by atoms with Crippen LogP contribution in [0.3, 0.4) is 0 Å². The number of aromatic nitrogens is 2. The third-order valence-corrected chi connectivity index (χ3v) is 3.98. The number of carbonyl (C=O) groups excluding carboxylic acids is 1. The zero-order valence-electron chi connectivity index (χ0n) is 14.4. The number of aryl methyl sites for hydroxylation is 1. The van der Waals surface area contributed by atoms with Crippen molar-refractivity contribution in [2.75, 3.05) is 0 Å². The Balaban J connectivity index is 1.79. The van der Waals surface area contributed by atoms with E-state index in [-0.39, 0.29) is 22.4 Å². The number of nitro benzene ring substituents is 1. The van der Waals surface area contributed by atoms with Crippen LogP contribution in [0.4, 0.5) is 5.69 Å². The van der Waals surface area contributed by atoms with E-state index in [1.165, 1.54) is 19.1 Å². The summed E-state index contributed by atoms with van der Waals surface area (Å²) in [5, 5.41) is 19.1. The van der Waals surface area contributed by atoms with Crippen molar-refractivity contribution in [3.63, 3.8) is 0 Å². The molecule has 27 heavy (non-hydrogen) atoms. The Labute approximate surface area is 158 Å². The molecule has 0 amide bonds. The molecule has 0 fully saturated rings. The van der Waals surface area contributed by atoms with E-state index in [4.69, 9.17) is 20.8 Å². The standard InChI is InChI=1S/C18H14ClN3O5/c1-10-3-5-12(6-4-10)17-21-20-16(27-17)11(2)26-18(23)14-9-13(19)7-8-15(14)22(24)25/h3-9,11H,1-2H3/t11-/m1/s1. The van der Waals surface area contributed by atoms with E-state index in [1.54, 1.807) is 0 Å². The van der Waals surface area contributed by atoms with Crippen LogP contribution < -0.4 is 0 Å². The molecule has 0 radical (unpaired) electrons. The second-order valence-corrected chi connectivity index (χ2v) is 6.21. The molecule has 138 valence electrons. The molecular formula is C18H14ClN3O5. The third kappa shape index (κ3) is 4.12. The second-order valence-electron chi connectivity index (χ2n) is 5.78. The average Bonchev–Trinajstić information content (AvgIpc) is 3.12. The van der Waals surface area contributed by atoms with Crippen molar-refractivity contribution < 1.29 is 18.9 Å².